The van der Waals surface area contributed by atoms with Crippen molar-refractivity contribution in [2.45, 2.75) is 31.3 Å². The molecular weight excluding hydrogens is 489 g/mol. The van der Waals surface area contributed by atoms with E-state index < -0.39 is 5.82 Å². The monoisotopic (exact) mass is 511 g/mol. The smallest absolute Gasteiger partial charge is 0.171 e. The summed E-state index contributed by atoms with van der Waals surface area (Å²) in [6, 6.07) is 12.0. The highest BCUT2D eigenvalue weighted by Gasteiger charge is 2.50. The Morgan fingerprint density at radius 2 is 2.12 bits per heavy atom. The van der Waals surface area contributed by atoms with Crippen LogP contribution in [-0.2, 0) is 21.7 Å². The molecule has 0 saturated carbocycles. The Morgan fingerprint density at radius 1 is 1.27 bits per heavy atom. The third-order valence-electron chi connectivity index (χ3n) is 6.86. The van der Waals surface area contributed by atoms with Gasteiger partial charge in [0.1, 0.15) is 22.9 Å². The Balaban J connectivity index is 1.18. The quantitative estimate of drug-likeness (QED) is 0.536. The molecule has 3 aliphatic rings. The second-order valence-corrected chi connectivity index (χ2v) is 10.1. The van der Waals surface area contributed by atoms with Crippen molar-refractivity contribution in [3.8, 4) is 6.07 Å². The highest BCUT2D eigenvalue weighted by atomic mass is 79.9. The van der Waals surface area contributed by atoms with E-state index in [0.29, 0.717) is 30.9 Å². The number of benzene rings is 1. The van der Waals surface area contributed by atoms with Gasteiger partial charge in [0, 0.05) is 37.2 Å². The van der Waals surface area contributed by atoms with Gasteiger partial charge >= 0.3 is 0 Å². The average Bonchev–Trinajstić information content (AvgIpc) is 3.34. The zero-order chi connectivity index (χ0) is 22.7. The van der Waals surface area contributed by atoms with Crippen LogP contribution in [0.15, 0.2) is 41.0 Å². The molecule has 33 heavy (non-hydrogen) atoms. The molecule has 0 aliphatic carbocycles. The van der Waals surface area contributed by atoms with Crippen molar-refractivity contribution < 1.29 is 13.9 Å². The zero-order valence-corrected chi connectivity index (χ0v) is 19.8. The number of likely N-dealkylation sites (tertiary alicyclic amines) is 1. The van der Waals surface area contributed by atoms with Gasteiger partial charge in [-0.2, -0.15) is 10.4 Å². The number of anilines is 1. The van der Waals surface area contributed by atoms with Gasteiger partial charge < -0.3 is 14.4 Å². The number of fused-ring (bicyclic) bond motifs is 3. The van der Waals surface area contributed by atoms with Crippen molar-refractivity contribution in [3.63, 3.8) is 0 Å². The number of morpholine rings is 1. The van der Waals surface area contributed by atoms with Gasteiger partial charge in [0.15, 0.2) is 5.82 Å². The van der Waals surface area contributed by atoms with Crippen LogP contribution in [0.25, 0.3) is 5.52 Å². The van der Waals surface area contributed by atoms with Gasteiger partial charge in [-0.05, 0) is 42.3 Å². The molecule has 2 saturated heterocycles. The summed E-state index contributed by atoms with van der Waals surface area (Å²) in [6.07, 6.45) is 1.15. The maximum Gasteiger partial charge on any atom is 0.171 e. The fourth-order valence-corrected chi connectivity index (χ4v) is 5.92. The number of halogens is 2. The fraction of sp³-hybridized carbons (Fsp3) is 0.417. The highest BCUT2D eigenvalue weighted by Crippen LogP contribution is 2.44. The molecule has 0 unspecified atom stereocenters. The number of hydrogen-bond acceptors (Lipinski definition) is 6. The summed E-state index contributed by atoms with van der Waals surface area (Å²) >= 11 is 3.54. The molecule has 2 aromatic heterocycles. The topological polar surface area (TPSA) is 66.0 Å². The van der Waals surface area contributed by atoms with Crippen LogP contribution in [-0.4, -0.2) is 59.4 Å². The molecular formula is C24H23BrFN5O2. The minimum absolute atomic E-state index is 0.00136. The third kappa shape index (κ3) is 3.44. The first-order valence-corrected chi connectivity index (χ1v) is 11.9. The zero-order valence-electron chi connectivity index (χ0n) is 18.2. The van der Waals surface area contributed by atoms with Gasteiger partial charge in [0.2, 0.25) is 0 Å². The summed E-state index contributed by atoms with van der Waals surface area (Å²) in [6.45, 7) is 6.45. The molecule has 2 atom stereocenters. The van der Waals surface area contributed by atoms with Crippen LogP contribution in [0, 0.1) is 17.1 Å². The molecule has 0 amide bonds. The Labute approximate surface area is 199 Å². The van der Waals surface area contributed by atoms with E-state index in [2.05, 4.69) is 55.1 Å². The van der Waals surface area contributed by atoms with Crippen LogP contribution in [0.3, 0.4) is 0 Å². The number of aromatic nitrogens is 2. The van der Waals surface area contributed by atoms with Crippen LogP contribution in [0.5, 0.6) is 0 Å². The van der Waals surface area contributed by atoms with Crippen LogP contribution in [0.4, 0.5) is 10.1 Å². The van der Waals surface area contributed by atoms with Gasteiger partial charge in [-0.25, -0.2) is 8.91 Å². The highest BCUT2D eigenvalue weighted by molar-refractivity contribution is 9.10. The molecule has 0 bridgehead atoms. The Kier molecular flexibility index (Phi) is 4.96. The Hall–Kier alpha value is -2.51. The van der Waals surface area contributed by atoms with Gasteiger partial charge in [0.05, 0.1) is 30.7 Å². The molecule has 170 valence electrons. The first-order chi connectivity index (χ1) is 16.0. The van der Waals surface area contributed by atoms with E-state index in [9.17, 15) is 9.65 Å². The number of ether oxygens (including phenoxy) is 2. The van der Waals surface area contributed by atoms with Crippen LogP contribution in [0.1, 0.15) is 23.7 Å². The first kappa shape index (κ1) is 21.1. The predicted molar refractivity (Wildman–Crippen MR) is 123 cm³/mol. The predicted octanol–water partition coefficient (Wildman–Crippen LogP) is 3.44. The summed E-state index contributed by atoms with van der Waals surface area (Å²) in [5.74, 6) is -0.425. The summed E-state index contributed by atoms with van der Waals surface area (Å²) in [4.78, 5) is 4.51. The van der Waals surface area contributed by atoms with E-state index in [-0.39, 0.29) is 17.8 Å². The van der Waals surface area contributed by atoms with Crippen LogP contribution in [0.2, 0.25) is 0 Å². The molecule has 9 heteroatoms. The van der Waals surface area contributed by atoms with E-state index in [0.717, 1.165) is 29.8 Å². The number of pyridine rings is 1. The van der Waals surface area contributed by atoms with Gasteiger partial charge in [-0.15, -0.1) is 0 Å². The van der Waals surface area contributed by atoms with E-state index >= 15 is 0 Å². The molecule has 1 spiro atoms. The van der Waals surface area contributed by atoms with Crippen molar-refractivity contribution in [2.24, 2.45) is 0 Å². The van der Waals surface area contributed by atoms with Crippen molar-refractivity contribution in [1.29, 1.82) is 5.26 Å². The van der Waals surface area contributed by atoms with E-state index in [1.807, 2.05) is 13.0 Å². The number of hydrogen-bond donors (Lipinski definition) is 0. The lowest BCUT2D eigenvalue weighted by Gasteiger charge is -2.50. The average molecular weight is 512 g/mol. The fourth-order valence-electron chi connectivity index (χ4n) is 5.51. The standard InChI is InChI=1S/C24H23BrFN5O2/c1-15-9-30(22-5-3-18(7-27)31-23(22)21(26)8-28-31)11-19(33-15)10-29-13-24(14-29)20-4-2-17(25)6-16(20)12-32-24/h2-6,8,15,19H,9-14H2,1H3/t15-,19+/m1/s1. The lowest BCUT2D eigenvalue weighted by molar-refractivity contribution is -0.155. The van der Waals surface area contributed by atoms with Crippen molar-refractivity contribution in [2.75, 3.05) is 37.6 Å². The summed E-state index contributed by atoms with van der Waals surface area (Å²) < 4.78 is 29.5. The minimum Gasteiger partial charge on any atom is -0.370 e. The molecule has 0 radical (unpaired) electrons. The minimum atomic E-state index is -0.425. The number of nitrogens with zero attached hydrogens (tertiary/aromatic N) is 5. The van der Waals surface area contributed by atoms with Gasteiger partial charge in [0.25, 0.3) is 0 Å². The molecule has 3 aliphatic heterocycles. The van der Waals surface area contributed by atoms with Crippen LogP contribution < -0.4 is 4.90 Å². The summed E-state index contributed by atoms with van der Waals surface area (Å²) in [5.41, 5.74) is 3.72. The Morgan fingerprint density at radius 3 is 2.94 bits per heavy atom. The van der Waals surface area contributed by atoms with Gasteiger partial charge in [-0.3, -0.25) is 4.90 Å². The first-order valence-electron chi connectivity index (χ1n) is 11.1. The van der Waals surface area contributed by atoms with Gasteiger partial charge in [-0.1, -0.05) is 22.0 Å². The van der Waals surface area contributed by atoms with E-state index in [1.165, 1.54) is 21.8 Å². The molecule has 1 aromatic carbocycles. The van der Waals surface area contributed by atoms with Crippen LogP contribution >= 0.6 is 15.9 Å². The van der Waals surface area contributed by atoms with Crippen molar-refractivity contribution in [1.82, 2.24) is 14.5 Å². The lowest BCUT2D eigenvalue weighted by Crippen LogP contribution is -2.62. The maximum atomic E-state index is 14.6. The second-order valence-electron chi connectivity index (χ2n) is 9.20. The van der Waals surface area contributed by atoms with Crippen molar-refractivity contribution >= 4 is 27.1 Å². The molecule has 6 rings (SSSR count). The molecule has 0 N–H and O–H groups in total. The van der Waals surface area contributed by atoms with Crippen molar-refractivity contribution in [3.05, 3.63) is 63.6 Å². The van der Waals surface area contributed by atoms with E-state index in [4.69, 9.17) is 9.47 Å². The summed E-state index contributed by atoms with van der Waals surface area (Å²) in [5, 5.41) is 13.4. The van der Waals surface area contributed by atoms with E-state index in [1.54, 1.807) is 6.07 Å². The molecule has 2 fully saturated rings. The molecule has 7 nitrogen and oxygen atoms in total. The second kappa shape index (κ2) is 7.77. The molecule has 3 aromatic rings. The largest absolute Gasteiger partial charge is 0.370 e. The summed E-state index contributed by atoms with van der Waals surface area (Å²) in [7, 11) is 0. The lowest BCUT2D eigenvalue weighted by atomic mass is 9.85. The SMILES string of the molecule is C[C@@H]1CN(c2ccc(C#N)n3ncc(F)c23)C[C@H](CN2CC3(C2)OCc2cc(Br)ccc23)O1. The maximum absolute atomic E-state index is 14.6. The number of rotatable bonds is 3. The number of nitriles is 1. The third-order valence-corrected chi connectivity index (χ3v) is 7.35. The normalized spacial score (nSPS) is 24.1. The molecule has 5 heterocycles. The Bertz CT molecular complexity index is 1280.